The van der Waals surface area contributed by atoms with Gasteiger partial charge in [-0.3, -0.25) is 0 Å². The van der Waals surface area contributed by atoms with Crippen LogP contribution in [-0.4, -0.2) is 4.57 Å². The summed E-state index contributed by atoms with van der Waals surface area (Å²) in [5, 5.41) is 7.89. The summed E-state index contributed by atoms with van der Waals surface area (Å²) in [6.45, 7) is 6.71. The minimum absolute atomic E-state index is 0.863. The first-order valence-electron chi connectivity index (χ1n) is 21.1. The zero-order chi connectivity index (χ0) is 41.6. The fourth-order valence-electron chi connectivity index (χ4n) is 9.10. The van der Waals surface area contributed by atoms with Crippen LogP contribution >= 0.6 is 0 Å². The zero-order valence-corrected chi connectivity index (χ0v) is 34.4. The molecule has 2 heterocycles. The van der Waals surface area contributed by atoms with E-state index in [0.29, 0.717) is 0 Å². The second-order valence-corrected chi connectivity index (χ2v) is 15.7. The lowest BCUT2D eigenvalue weighted by molar-refractivity contribution is 0.669. The molecule has 0 N–H and O–H groups in total. The number of benzene rings is 9. The van der Waals surface area contributed by atoms with Gasteiger partial charge in [-0.25, -0.2) is 0 Å². The summed E-state index contributed by atoms with van der Waals surface area (Å²) in [7, 11) is 0. The van der Waals surface area contributed by atoms with E-state index in [1.165, 1.54) is 38.4 Å². The van der Waals surface area contributed by atoms with Crippen LogP contribution in [0.2, 0.25) is 0 Å². The number of anilines is 3. The van der Waals surface area contributed by atoms with E-state index in [-0.39, 0.29) is 0 Å². The fourth-order valence-corrected chi connectivity index (χ4v) is 9.10. The second kappa shape index (κ2) is 15.5. The Hall–Kier alpha value is -8.14. The number of allylic oxidation sites excluding steroid dienone is 2. The van der Waals surface area contributed by atoms with Crippen molar-refractivity contribution in [3.05, 3.63) is 229 Å². The average Bonchev–Trinajstić information content (AvgIpc) is 3.84. The third kappa shape index (κ3) is 6.39. The van der Waals surface area contributed by atoms with Crippen LogP contribution in [0.1, 0.15) is 6.92 Å². The maximum Gasteiger partial charge on any atom is 0.137 e. The molecule has 3 nitrogen and oxygen atoms in total. The third-order valence-electron chi connectivity index (χ3n) is 12.1. The van der Waals surface area contributed by atoms with Crippen LogP contribution in [0.5, 0.6) is 0 Å². The Labute approximate surface area is 360 Å². The summed E-state index contributed by atoms with van der Waals surface area (Å²) in [5.41, 5.74) is 14.1. The number of rotatable bonds is 8. The zero-order valence-electron chi connectivity index (χ0n) is 34.4. The van der Waals surface area contributed by atoms with Crippen LogP contribution < -0.4 is 15.5 Å². The van der Waals surface area contributed by atoms with Crippen molar-refractivity contribution in [2.75, 3.05) is 4.90 Å². The lowest BCUT2D eigenvalue weighted by atomic mass is 9.94. The van der Waals surface area contributed by atoms with E-state index in [1.54, 1.807) is 0 Å². The third-order valence-corrected chi connectivity index (χ3v) is 12.1. The number of fused-ring (bicyclic) bond motifs is 5. The lowest BCUT2D eigenvalue weighted by Crippen LogP contribution is -2.26. The Kier molecular flexibility index (Phi) is 9.21. The fraction of sp³-hybridized carbons (Fsp3) is 0.0169. The van der Waals surface area contributed by atoms with Crippen LogP contribution in [0.15, 0.2) is 223 Å². The van der Waals surface area contributed by atoms with Gasteiger partial charge in [0.25, 0.3) is 0 Å². The first-order valence-corrected chi connectivity index (χ1v) is 21.1. The first-order chi connectivity index (χ1) is 30.6. The molecular weight excluding hydrogens is 753 g/mol. The summed E-state index contributed by atoms with van der Waals surface area (Å²) >= 11 is 0. The molecule has 294 valence electrons. The second-order valence-electron chi connectivity index (χ2n) is 15.7. The van der Waals surface area contributed by atoms with Crippen molar-refractivity contribution in [2.24, 2.45) is 0 Å². The van der Waals surface area contributed by atoms with Gasteiger partial charge in [0.05, 0.1) is 11.2 Å². The van der Waals surface area contributed by atoms with Crippen LogP contribution in [0.25, 0.3) is 95.3 Å². The van der Waals surface area contributed by atoms with Crippen LogP contribution in [0.4, 0.5) is 17.1 Å². The molecule has 0 amide bonds. The van der Waals surface area contributed by atoms with E-state index in [0.717, 1.165) is 71.9 Å². The summed E-state index contributed by atoms with van der Waals surface area (Å²) in [4.78, 5) is 2.31. The Morgan fingerprint density at radius 3 is 1.82 bits per heavy atom. The molecular formula is C59H42N2O. The van der Waals surface area contributed by atoms with Crippen LogP contribution in [0, 0.1) is 0 Å². The molecule has 11 rings (SSSR count). The van der Waals surface area contributed by atoms with E-state index >= 15 is 0 Å². The maximum absolute atomic E-state index is 6.39. The summed E-state index contributed by atoms with van der Waals surface area (Å²) < 4.78 is 8.72. The molecule has 0 unspecified atom stereocenters. The molecule has 11 aromatic rings. The molecule has 0 spiro atoms. The van der Waals surface area contributed by atoms with E-state index < -0.39 is 0 Å². The highest BCUT2D eigenvalue weighted by atomic mass is 16.3. The average molecular weight is 795 g/mol. The minimum atomic E-state index is 0.863. The van der Waals surface area contributed by atoms with Gasteiger partial charge < -0.3 is 13.9 Å². The van der Waals surface area contributed by atoms with Gasteiger partial charge in [0.1, 0.15) is 11.2 Å². The topological polar surface area (TPSA) is 21.3 Å². The molecule has 0 atom stereocenters. The lowest BCUT2D eigenvalue weighted by Gasteiger charge is -2.26. The molecule has 0 fully saturated rings. The predicted molar refractivity (Wildman–Crippen MR) is 263 cm³/mol. The van der Waals surface area contributed by atoms with Gasteiger partial charge in [-0.05, 0) is 100 Å². The molecule has 0 aliphatic carbocycles. The number of para-hydroxylation sites is 1. The van der Waals surface area contributed by atoms with E-state index in [1.807, 2.05) is 19.1 Å². The Bertz CT molecular complexity index is 3590. The molecule has 0 saturated carbocycles. The first kappa shape index (κ1) is 36.9. The molecule has 0 bridgehead atoms. The summed E-state index contributed by atoms with van der Waals surface area (Å²) in [6.07, 6.45) is 6.34. The Morgan fingerprint density at radius 1 is 0.468 bits per heavy atom. The molecule has 0 radical (unpaired) electrons. The van der Waals surface area contributed by atoms with E-state index in [9.17, 15) is 0 Å². The molecule has 0 saturated heterocycles. The van der Waals surface area contributed by atoms with Gasteiger partial charge in [-0.2, -0.15) is 0 Å². The van der Waals surface area contributed by atoms with Gasteiger partial charge in [0.2, 0.25) is 0 Å². The Morgan fingerprint density at radius 2 is 1.05 bits per heavy atom. The molecule has 9 aromatic carbocycles. The highest BCUT2D eigenvalue weighted by Crippen LogP contribution is 2.41. The number of hydrogen-bond acceptors (Lipinski definition) is 2. The van der Waals surface area contributed by atoms with Gasteiger partial charge in [-0.15, -0.1) is 0 Å². The highest BCUT2D eigenvalue weighted by Gasteiger charge is 2.18. The van der Waals surface area contributed by atoms with Gasteiger partial charge in [0.15, 0.2) is 0 Å². The molecule has 0 aliphatic rings. The molecule has 2 aromatic heterocycles. The largest absolute Gasteiger partial charge is 0.456 e. The van der Waals surface area contributed by atoms with Crippen molar-refractivity contribution in [2.45, 2.75) is 6.92 Å². The standard InChI is InChI=1S/C59H42N2O/c1-3-4-19-49-40(2)60(56-24-14-18-43-17-8-9-22-52(43)56)57-38-45(30-36-53(49)57)51-21-11-10-20-50(51)44-28-33-47(34-29-44)61(46-31-26-42(27-32-46)41-15-6-5-7-16-41)48-35-37-55-54-23-12-13-25-58(54)62-59(55)39-48/h3-39H,2H2,1H3/b4-3-,49-19+. The summed E-state index contributed by atoms with van der Waals surface area (Å²) in [6, 6.07) is 73.7. The minimum Gasteiger partial charge on any atom is -0.456 e. The van der Waals surface area contributed by atoms with Crippen molar-refractivity contribution in [3.63, 3.8) is 0 Å². The van der Waals surface area contributed by atoms with Crippen molar-refractivity contribution in [1.82, 2.24) is 4.57 Å². The van der Waals surface area contributed by atoms with Gasteiger partial charge >= 0.3 is 0 Å². The molecule has 62 heavy (non-hydrogen) atoms. The monoisotopic (exact) mass is 794 g/mol. The highest BCUT2D eigenvalue weighted by molar-refractivity contribution is 6.06. The number of furan rings is 1. The Balaban J connectivity index is 1.02. The number of hydrogen-bond donors (Lipinski definition) is 0. The normalized spacial score (nSPS) is 12.0. The number of aromatic nitrogens is 1. The van der Waals surface area contributed by atoms with Crippen molar-refractivity contribution >= 4 is 73.3 Å². The van der Waals surface area contributed by atoms with Gasteiger partial charge in [-0.1, -0.05) is 170 Å². The smallest absolute Gasteiger partial charge is 0.137 e. The molecule has 0 aliphatic heterocycles. The SMILES string of the molecule is C=c1/c(=C\C=C/C)c2ccc(-c3ccccc3-c3ccc(N(c4ccc(-c5ccccc5)cc4)c4ccc5c(c4)oc4ccccc45)cc3)cc2n1-c1cccc2ccccc12. The van der Waals surface area contributed by atoms with E-state index in [4.69, 9.17) is 4.42 Å². The summed E-state index contributed by atoms with van der Waals surface area (Å²) in [5.74, 6) is 0. The van der Waals surface area contributed by atoms with Crippen LogP contribution in [-0.2, 0) is 0 Å². The van der Waals surface area contributed by atoms with Crippen LogP contribution in [0.3, 0.4) is 0 Å². The molecule has 3 heteroatoms. The van der Waals surface area contributed by atoms with Crippen molar-refractivity contribution in [3.8, 4) is 39.1 Å². The van der Waals surface area contributed by atoms with Crippen molar-refractivity contribution in [1.29, 1.82) is 0 Å². The quantitative estimate of drug-likeness (QED) is 0.153. The number of nitrogens with zero attached hydrogens (tertiary/aromatic N) is 2. The van der Waals surface area contributed by atoms with Crippen molar-refractivity contribution < 1.29 is 4.42 Å². The maximum atomic E-state index is 6.39. The predicted octanol–water partition coefficient (Wildman–Crippen LogP) is 14.9. The van der Waals surface area contributed by atoms with E-state index in [2.05, 4.69) is 228 Å². The van der Waals surface area contributed by atoms with Gasteiger partial charge in [0, 0.05) is 55.2 Å².